The zero-order valence-corrected chi connectivity index (χ0v) is 15.7. The molecule has 2 aliphatic heterocycles. The van der Waals surface area contributed by atoms with Gasteiger partial charge in [0, 0.05) is 37.8 Å². The second-order valence-electron chi connectivity index (χ2n) is 7.53. The minimum Gasteiger partial charge on any atom is -0.480 e. The van der Waals surface area contributed by atoms with Crippen LogP contribution in [0.15, 0.2) is 24.3 Å². The number of ketones is 1. The summed E-state index contributed by atoms with van der Waals surface area (Å²) in [4.78, 5) is 30.3. The Morgan fingerprint density at radius 2 is 1.58 bits per heavy atom. The number of hydrogen-bond donors (Lipinski definition) is 1. The van der Waals surface area contributed by atoms with Crippen molar-refractivity contribution in [2.45, 2.75) is 31.8 Å². The molecule has 0 unspecified atom stereocenters. The molecule has 2 saturated heterocycles. The van der Waals surface area contributed by atoms with Crippen molar-refractivity contribution in [3.8, 4) is 0 Å². The van der Waals surface area contributed by atoms with E-state index in [0.29, 0.717) is 11.6 Å². The van der Waals surface area contributed by atoms with Gasteiger partial charge in [0.2, 0.25) is 0 Å². The molecular weight excluding hydrogens is 330 g/mol. The summed E-state index contributed by atoms with van der Waals surface area (Å²) in [6.07, 6.45) is 2.40. The standard InChI is InChI=1S/C20H29N3O3/c1-15(24)16-3-5-17(6-4-16)19(20(25)26)23-13-11-22(12-14-23)18-7-9-21(2)10-8-18/h3-6,18-19H,7-14H2,1-2H3,(H,25,26)/t19-/m1/s1. The van der Waals surface area contributed by atoms with E-state index in [-0.39, 0.29) is 5.78 Å². The smallest absolute Gasteiger partial charge is 0.325 e. The van der Waals surface area contributed by atoms with Gasteiger partial charge in [0.1, 0.15) is 6.04 Å². The molecule has 1 atom stereocenters. The Morgan fingerprint density at radius 1 is 1.00 bits per heavy atom. The van der Waals surface area contributed by atoms with E-state index in [1.807, 2.05) is 0 Å². The fourth-order valence-corrected chi connectivity index (χ4v) is 4.13. The van der Waals surface area contributed by atoms with Crippen molar-refractivity contribution in [1.29, 1.82) is 0 Å². The van der Waals surface area contributed by atoms with Crippen LogP contribution in [0.2, 0.25) is 0 Å². The summed E-state index contributed by atoms with van der Waals surface area (Å²) in [5.74, 6) is -0.830. The largest absolute Gasteiger partial charge is 0.480 e. The fourth-order valence-electron chi connectivity index (χ4n) is 4.13. The van der Waals surface area contributed by atoms with Crippen LogP contribution >= 0.6 is 0 Å². The van der Waals surface area contributed by atoms with Crippen LogP contribution in [0.25, 0.3) is 0 Å². The molecule has 6 nitrogen and oxygen atoms in total. The molecule has 0 spiro atoms. The molecule has 3 rings (SSSR count). The summed E-state index contributed by atoms with van der Waals surface area (Å²) in [5.41, 5.74) is 1.36. The number of likely N-dealkylation sites (tertiary alicyclic amines) is 1. The highest BCUT2D eigenvalue weighted by Crippen LogP contribution is 2.25. The van der Waals surface area contributed by atoms with E-state index in [0.717, 1.165) is 44.8 Å². The molecule has 0 aliphatic carbocycles. The van der Waals surface area contributed by atoms with Crippen molar-refractivity contribution < 1.29 is 14.7 Å². The molecule has 6 heteroatoms. The highest BCUT2D eigenvalue weighted by molar-refractivity contribution is 5.94. The Bertz CT molecular complexity index is 630. The molecule has 0 bridgehead atoms. The predicted molar refractivity (Wildman–Crippen MR) is 100 cm³/mol. The lowest BCUT2D eigenvalue weighted by Crippen LogP contribution is -2.54. The van der Waals surface area contributed by atoms with Crippen LogP contribution in [0.3, 0.4) is 0 Å². The van der Waals surface area contributed by atoms with Gasteiger partial charge in [-0.25, -0.2) is 0 Å². The van der Waals surface area contributed by atoms with Gasteiger partial charge in [0.15, 0.2) is 5.78 Å². The summed E-state index contributed by atoms with van der Waals surface area (Å²) in [5, 5.41) is 9.77. The highest BCUT2D eigenvalue weighted by atomic mass is 16.4. The Balaban J connectivity index is 1.63. The number of rotatable bonds is 5. The number of benzene rings is 1. The van der Waals surface area contributed by atoms with Crippen LogP contribution in [0.1, 0.15) is 41.7 Å². The summed E-state index contributed by atoms with van der Waals surface area (Å²) in [6.45, 7) is 7.17. The van der Waals surface area contributed by atoms with E-state index >= 15 is 0 Å². The minimum atomic E-state index is -0.826. The normalized spacial score (nSPS) is 22.2. The molecule has 0 aromatic heterocycles. The number of carboxylic acid groups (broad SMARTS) is 1. The average Bonchev–Trinajstić information content (AvgIpc) is 2.63. The van der Waals surface area contributed by atoms with Gasteiger partial charge in [0.25, 0.3) is 0 Å². The van der Waals surface area contributed by atoms with Gasteiger partial charge >= 0.3 is 5.97 Å². The summed E-state index contributed by atoms with van der Waals surface area (Å²) >= 11 is 0. The van der Waals surface area contributed by atoms with E-state index < -0.39 is 12.0 Å². The Hall–Kier alpha value is -1.76. The lowest BCUT2D eigenvalue weighted by molar-refractivity contribution is -0.144. The fraction of sp³-hybridized carbons (Fsp3) is 0.600. The predicted octanol–water partition coefficient (Wildman–Crippen LogP) is 1.73. The highest BCUT2D eigenvalue weighted by Gasteiger charge is 2.32. The Labute approximate surface area is 155 Å². The molecule has 0 amide bonds. The lowest BCUT2D eigenvalue weighted by Gasteiger charge is -2.43. The van der Waals surface area contributed by atoms with Crippen molar-refractivity contribution in [1.82, 2.24) is 14.7 Å². The Morgan fingerprint density at radius 3 is 2.08 bits per heavy atom. The van der Waals surface area contributed by atoms with E-state index in [1.165, 1.54) is 19.8 Å². The second-order valence-corrected chi connectivity index (χ2v) is 7.53. The average molecular weight is 359 g/mol. The monoisotopic (exact) mass is 359 g/mol. The molecule has 0 radical (unpaired) electrons. The van der Waals surface area contributed by atoms with Crippen molar-refractivity contribution in [3.63, 3.8) is 0 Å². The van der Waals surface area contributed by atoms with E-state index in [1.54, 1.807) is 24.3 Å². The van der Waals surface area contributed by atoms with Crippen LogP contribution in [0.5, 0.6) is 0 Å². The number of carbonyl (C=O) groups is 2. The first-order chi connectivity index (χ1) is 12.5. The van der Waals surface area contributed by atoms with Crippen LogP contribution < -0.4 is 0 Å². The van der Waals surface area contributed by atoms with Crippen molar-refractivity contribution in [2.75, 3.05) is 46.3 Å². The maximum Gasteiger partial charge on any atom is 0.325 e. The first-order valence-electron chi connectivity index (χ1n) is 9.46. The number of carboxylic acids is 1. The van der Waals surface area contributed by atoms with Crippen molar-refractivity contribution >= 4 is 11.8 Å². The first-order valence-corrected chi connectivity index (χ1v) is 9.46. The molecular formula is C20H29N3O3. The van der Waals surface area contributed by atoms with Gasteiger partial charge < -0.3 is 10.0 Å². The maximum absolute atomic E-state index is 11.9. The van der Waals surface area contributed by atoms with Gasteiger partial charge in [-0.05, 0) is 45.5 Å². The zero-order chi connectivity index (χ0) is 18.7. The van der Waals surface area contributed by atoms with E-state index in [2.05, 4.69) is 21.7 Å². The van der Waals surface area contributed by atoms with Gasteiger partial charge in [-0.3, -0.25) is 19.4 Å². The third kappa shape index (κ3) is 4.31. The van der Waals surface area contributed by atoms with Gasteiger partial charge in [-0.2, -0.15) is 0 Å². The molecule has 142 valence electrons. The van der Waals surface area contributed by atoms with Crippen molar-refractivity contribution in [3.05, 3.63) is 35.4 Å². The molecule has 2 aliphatic rings. The third-order valence-corrected chi connectivity index (χ3v) is 5.79. The summed E-state index contributed by atoms with van der Waals surface area (Å²) < 4.78 is 0. The minimum absolute atomic E-state index is 0.00448. The molecule has 1 aromatic rings. The summed E-state index contributed by atoms with van der Waals surface area (Å²) in [6, 6.07) is 6.99. The van der Waals surface area contributed by atoms with Crippen LogP contribution in [0, 0.1) is 0 Å². The lowest BCUT2D eigenvalue weighted by atomic mass is 10.00. The molecule has 0 saturated carbocycles. The zero-order valence-electron chi connectivity index (χ0n) is 15.7. The number of piperazine rings is 1. The van der Waals surface area contributed by atoms with Crippen LogP contribution in [-0.2, 0) is 4.79 Å². The SMILES string of the molecule is CC(=O)c1ccc([C@H](C(=O)O)N2CCN(C3CCN(C)CC3)CC2)cc1. The van der Waals surface area contributed by atoms with Crippen molar-refractivity contribution in [2.24, 2.45) is 0 Å². The third-order valence-electron chi connectivity index (χ3n) is 5.79. The van der Waals surface area contributed by atoms with E-state index in [9.17, 15) is 14.7 Å². The van der Waals surface area contributed by atoms with Gasteiger partial charge in [-0.1, -0.05) is 24.3 Å². The van der Waals surface area contributed by atoms with E-state index in [4.69, 9.17) is 0 Å². The Kier molecular flexibility index (Phi) is 6.06. The number of nitrogens with zero attached hydrogens (tertiary/aromatic N) is 3. The van der Waals surface area contributed by atoms with Crippen LogP contribution in [0.4, 0.5) is 0 Å². The molecule has 2 heterocycles. The number of aliphatic carboxylic acids is 1. The van der Waals surface area contributed by atoms with Gasteiger partial charge in [-0.15, -0.1) is 0 Å². The topological polar surface area (TPSA) is 64.1 Å². The maximum atomic E-state index is 11.9. The first kappa shape index (κ1) is 19.0. The molecule has 2 fully saturated rings. The van der Waals surface area contributed by atoms with Crippen LogP contribution in [-0.4, -0.2) is 83.9 Å². The number of piperidine rings is 1. The molecule has 1 N–H and O–H groups in total. The number of hydrogen-bond acceptors (Lipinski definition) is 5. The number of Topliss-reactive ketones (excluding diaryl/α,β-unsaturated/α-hetero) is 1. The molecule has 26 heavy (non-hydrogen) atoms. The number of carbonyl (C=O) groups excluding carboxylic acids is 1. The van der Waals surface area contributed by atoms with Gasteiger partial charge in [0.05, 0.1) is 0 Å². The summed E-state index contributed by atoms with van der Waals surface area (Å²) in [7, 11) is 2.17. The molecule has 1 aromatic carbocycles. The second kappa shape index (κ2) is 8.29. The quantitative estimate of drug-likeness (QED) is 0.808.